The molecule has 2 aliphatic rings. The van der Waals surface area contributed by atoms with Gasteiger partial charge in [-0.1, -0.05) is 11.6 Å². The third-order valence-electron chi connectivity index (χ3n) is 5.59. The molecular formula is C22H22ClFN2O4S. The van der Waals surface area contributed by atoms with Gasteiger partial charge in [-0.2, -0.15) is 0 Å². The van der Waals surface area contributed by atoms with Gasteiger partial charge in [-0.15, -0.1) is 0 Å². The number of sulfone groups is 1. The van der Waals surface area contributed by atoms with Crippen LogP contribution < -0.4 is 10.2 Å². The minimum atomic E-state index is -3.72. The van der Waals surface area contributed by atoms with Gasteiger partial charge in [0.05, 0.1) is 16.3 Å². The Morgan fingerprint density at radius 1 is 1.19 bits per heavy atom. The number of hydrogen-bond donors (Lipinski definition) is 1. The average Bonchev–Trinajstić information content (AvgIpc) is 3.50. The molecule has 6 nitrogen and oxygen atoms in total. The summed E-state index contributed by atoms with van der Waals surface area (Å²) in [7, 11) is -3.72. The van der Waals surface area contributed by atoms with Crippen molar-refractivity contribution in [3.63, 3.8) is 0 Å². The van der Waals surface area contributed by atoms with E-state index >= 15 is 0 Å². The molecule has 1 heterocycles. The van der Waals surface area contributed by atoms with Crippen molar-refractivity contribution in [3.05, 3.63) is 52.8 Å². The van der Waals surface area contributed by atoms with Crippen molar-refractivity contribution in [3.8, 4) is 0 Å². The first kappa shape index (κ1) is 21.8. The van der Waals surface area contributed by atoms with Gasteiger partial charge in [-0.25, -0.2) is 12.8 Å². The summed E-state index contributed by atoms with van der Waals surface area (Å²) in [5.41, 5.74) is 1.52. The quantitative estimate of drug-likeness (QED) is 0.701. The van der Waals surface area contributed by atoms with E-state index in [9.17, 15) is 22.4 Å². The van der Waals surface area contributed by atoms with E-state index in [0.717, 1.165) is 30.2 Å². The summed E-state index contributed by atoms with van der Waals surface area (Å²) in [6.45, 7) is 1.95. The molecule has 2 aromatic carbocycles. The zero-order valence-corrected chi connectivity index (χ0v) is 18.5. The van der Waals surface area contributed by atoms with E-state index in [4.69, 9.17) is 11.6 Å². The topological polar surface area (TPSA) is 83.6 Å². The van der Waals surface area contributed by atoms with E-state index in [1.807, 2.05) is 6.92 Å². The van der Waals surface area contributed by atoms with Crippen molar-refractivity contribution >= 4 is 44.6 Å². The van der Waals surface area contributed by atoms with Crippen LogP contribution in [0.2, 0.25) is 5.02 Å². The molecule has 9 heteroatoms. The van der Waals surface area contributed by atoms with Crippen LogP contribution in [0.5, 0.6) is 0 Å². The fraction of sp³-hybridized carbons (Fsp3) is 0.364. The average molecular weight is 465 g/mol. The van der Waals surface area contributed by atoms with Gasteiger partial charge in [0.1, 0.15) is 5.82 Å². The number of amides is 2. The molecule has 1 saturated carbocycles. The summed E-state index contributed by atoms with van der Waals surface area (Å²) in [4.78, 5) is 26.6. The Bertz CT molecular complexity index is 1160. The number of carbonyl (C=O) groups is 2. The molecule has 2 aromatic rings. The molecule has 1 aliphatic heterocycles. The Kier molecular flexibility index (Phi) is 5.79. The second-order valence-corrected chi connectivity index (χ2v) is 10.6. The Morgan fingerprint density at radius 3 is 2.61 bits per heavy atom. The first-order valence-corrected chi connectivity index (χ1v) is 12.1. The first-order chi connectivity index (χ1) is 14.7. The van der Waals surface area contributed by atoms with Crippen LogP contribution in [0, 0.1) is 11.7 Å². The third kappa shape index (κ3) is 4.60. The lowest BCUT2D eigenvalue weighted by molar-refractivity contribution is -0.120. The monoisotopic (exact) mass is 464 g/mol. The van der Waals surface area contributed by atoms with Crippen molar-refractivity contribution in [2.24, 2.45) is 5.92 Å². The predicted molar refractivity (Wildman–Crippen MR) is 117 cm³/mol. The maximum atomic E-state index is 13.8. The minimum Gasteiger partial charge on any atom is -0.324 e. The van der Waals surface area contributed by atoms with Crippen molar-refractivity contribution < 1.29 is 22.4 Å². The lowest BCUT2D eigenvalue weighted by atomic mass is 10.1. The minimum absolute atomic E-state index is 0.0129. The van der Waals surface area contributed by atoms with Crippen molar-refractivity contribution in [2.45, 2.75) is 43.5 Å². The van der Waals surface area contributed by atoms with Gasteiger partial charge in [0.2, 0.25) is 11.8 Å². The fourth-order valence-corrected chi connectivity index (χ4v) is 5.26. The predicted octanol–water partition coefficient (Wildman–Crippen LogP) is 3.97. The van der Waals surface area contributed by atoms with Crippen LogP contribution in [0.15, 0.2) is 41.3 Å². The second-order valence-electron chi connectivity index (χ2n) is 8.07. The molecule has 1 aliphatic carbocycles. The van der Waals surface area contributed by atoms with E-state index in [-0.39, 0.29) is 39.9 Å². The van der Waals surface area contributed by atoms with Gasteiger partial charge in [0.25, 0.3) is 0 Å². The smallest absolute Gasteiger partial charge is 0.230 e. The highest BCUT2D eigenvalue weighted by atomic mass is 35.5. The first-order valence-electron chi connectivity index (χ1n) is 10.1. The number of hydrogen-bond acceptors (Lipinski definition) is 4. The van der Waals surface area contributed by atoms with Crippen LogP contribution in [0.3, 0.4) is 0 Å². The molecule has 0 spiro atoms. The Balaban J connectivity index is 1.44. The van der Waals surface area contributed by atoms with E-state index in [0.29, 0.717) is 6.42 Å². The maximum Gasteiger partial charge on any atom is 0.230 e. The van der Waals surface area contributed by atoms with Crippen LogP contribution in [-0.2, 0) is 25.8 Å². The number of rotatable bonds is 6. The Morgan fingerprint density at radius 2 is 1.94 bits per heavy atom. The number of carbonyl (C=O) groups excluding carboxylic acids is 2. The molecule has 31 heavy (non-hydrogen) atoms. The maximum absolute atomic E-state index is 13.8. The van der Waals surface area contributed by atoms with Gasteiger partial charge < -0.3 is 10.2 Å². The van der Waals surface area contributed by atoms with Crippen molar-refractivity contribution in [1.82, 2.24) is 0 Å². The molecule has 0 saturated heterocycles. The lowest BCUT2D eigenvalue weighted by Gasteiger charge is -2.22. The number of fused-ring (bicyclic) bond motifs is 1. The fourth-order valence-electron chi connectivity index (χ4n) is 3.81. The number of halogens is 2. The number of anilines is 2. The SMILES string of the molecule is C[C@H]1Cc2cc(S(=O)(=O)CCC(=O)Nc3ccc(Cl)cc3F)ccc2N1C(=O)C1CC1. The molecule has 1 N–H and O–H groups in total. The van der Waals surface area contributed by atoms with Gasteiger partial charge in [0.15, 0.2) is 9.84 Å². The second kappa shape index (κ2) is 8.24. The van der Waals surface area contributed by atoms with Crippen LogP contribution >= 0.6 is 11.6 Å². The molecule has 0 aromatic heterocycles. The summed E-state index contributed by atoms with van der Waals surface area (Å²) in [5.74, 6) is -1.52. The summed E-state index contributed by atoms with van der Waals surface area (Å²) in [6, 6.07) is 8.56. The van der Waals surface area contributed by atoms with E-state index in [1.54, 1.807) is 17.0 Å². The van der Waals surface area contributed by atoms with Gasteiger partial charge in [-0.3, -0.25) is 9.59 Å². The van der Waals surface area contributed by atoms with Crippen LogP contribution in [-0.4, -0.2) is 32.0 Å². The molecule has 2 amide bonds. The summed E-state index contributed by atoms with van der Waals surface area (Å²) in [6.07, 6.45) is 2.09. The molecule has 0 bridgehead atoms. The largest absolute Gasteiger partial charge is 0.324 e. The van der Waals surface area contributed by atoms with E-state index in [1.165, 1.54) is 18.2 Å². The molecular weight excluding hydrogens is 443 g/mol. The Labute approximate surface area is 185 Å². The number of nitrogens with zero attached hydrogens (tertiary/aromatic N) is 1. The molecule has 4 rings (SSSR count). The molecule has 1 fully saturated rings. The molecule has 0 radical (unpaired) electrons. The highest BCUT2D eigenvalue weighted by Gasteiger charge is 2.39. The van der Waals surface area contributed by atoms with Crippen molar-refractivity contribution in [1.29, 1.82) is 0 Å². The zero-order valence-electron chi connectivity index (χ0n) is 16.9. The normalized spacial score (nSPS) is 18.0. The lowest BCUT2D eigenvalue weighted by Crippen LogP contribution is -2.36. The van der Waals surface area contributed by atoms with Crippen molar-refractivity contribution in [2.75, 3.05) is 16.0 Å². The highest BCUT2D eigenvalue weighted by Crippen LogP contribution is 2.39. The van der Waals surface area contributed by atoms with Gasteiger partial charge in [0, 0.05) is 29.1 Å². The molecule has 164 valence electrons. The summed E-state index contributed by atoms with van der Waals surface area (Å²) < 4.78 is 39.3. The van der Waals surface area contributed by atoms with Crippen LogP contribution in [0.4, 0.5) is 15.8 Å². The van der Waals surface area contributed by atoms with Crippen LogP contribution in [0.25, 0.3) is 0 Å². The number of nitrogens with one attached hydrogen (secondary N) is 1. The third-order valence-corrected chi connectivity index (χ3v) is 7.54. The zero-order chi connectivity index (χ0) is 22.3. The van der Waals surface area contributed by atoms with E-state index < -0.39 is 27.3 Å². The van der Waals surface area contributed by atoms with Gasteiger partial charge >= 0.3 is 0 Å². The van der Waals surface area contributed by atoms with Crippen LogP contribution in [0.1, 0.15) is 31.7 Å². The highest BCUT2D eigenvalue weighted by molar-refractivity contribution is 7.91. The summed E-state index contributed by atoms with van der Waals surface area (Å²) in [5, 5.41) is 2.56. The standard InChI is InChI=1S/C22H22ClFN2O4S/c1-13-10-15-11-17(5-7-20(15)26(13)22(28)14-2-3-14)31(29,30)9-8-21(27)25-19-6-4-16(23)12-18(19)24/h4-7,11-14H,2-3,8-10H2,1H3,(H,25,27)/t13-/m0/s1. The molecule has 1 atom stereocenters. The van der Waals surface area contributed by atoms with E-state index in [2.05, 4.69) is 5.32 Å². The summed E-state index contributed by atoms with van der Waals surface area (Å²) >= 11 is 5.68. The van der Waals surface area contributed by atoms with Gasteiger partial charge in [-0.05, 0) is 68.1 Å². The number of benzene rings is 2. The Hall–Kier alpha value is -2.45. The molecule has 0 unspecified atom stereocenters.